The van der Waals surface area contributed by atoms with E-state index < -0.39 is 7.92 Å². The molecule has 3 fully saturated rings. The first-order valence-corrected chi connectivity index (χ1v) is 8.99. The quantitative estimate of drug-likeness (QED) is 0.583. The number of hydrogen-bond donors (Lipinski definition) is 0. The zero-order chi connectivity index (χ0) is 15.0. The van der Waals surface area contributed by atoms with Crippen molar-refractivity contribution in [1.29, 1.82) is 0 Å². The minimum absolute atomic E-state index is 0.205. The Balaban J connectivity index is 1.65. The van der Waals surface area contributed by atoms with Gasteiger partial charge in [-0.25, -0.2) is 0 Å². The maximum Gasteiger partial charge on any atom is 0.0361 e. The van der Waals surface area contributed by atoms with Crippen LogP contribution in [0.2, 0.25) is 0 Å². The average Bonchev–Trinajstić information content (AvgIpc) is 2.50. The zero-order valence-corrected chi connectivity index (χ0v) is 13.3. The largest absolute Gasteiger partial charge is 0.120 e. The number of terminal acetylenes is 1. The Kier molecular flexibility index (Phi) is 3.11. The Bertz CT molecular complexity index is 727. The summed E-state index contributed by atoms with van der Waals surface area (Å²) in [5.74, 6) is 6.56. The molecule has 0 aliphatic heterocycles. The fourth-order valence-corrected chi connectivity index (χ4v) is 5.53. The number of benzene rings is 2. The SMILES string of the molecule is C#CC12CC(C#CP(c3ccccc3)c3ccccc3)(C1)C2. The van der Waals surface area contributed by atoms with Gasteiger partial charge in [-0.15, -0.1) is 6.42 Å². The zero-order valence-electron chi connectivity index (χ0n) is 12.4. The molecule has 3 saturated carbocycles. The summed E-state index contributed by atoms with van der Waals surface area (Å²) in [6, 6.07) is 21.3. The second-order valence-corrected chi connectivity index (χ2v) is 8.41. The van der Waals surface area contributed by atoms with E-state index in [2.05, 4.69) is 78.2 Å². The van der Waals surface area contributed by atoms with Gasteiger partial charge in [0.1, 0.15) is 0 Å². The summed E-state index contributed by atoms with van der Waals surface area (Å²) in [5.41, 5.74) is 4.06. The van der Waals surface area contributed by atoms with Crippen LogP contribution >= 0.6 is 7.92 Å². The van der Waals surface area contributed by atoms with E-state index >= 15 is 0 Å². The van der Waals surface area contributed by atoms with Crippen molar-refractivity contribution in [2.24, 2.45) is 10.8 Å². The maximum absolute atomic E-state index is 5.61. The minimum atomic E-state index is -0.596. The molecule has 3 aliphatic carbocycles. The van der Waals surface area contributed by atoms with E-state index in [0.717, 1.165) is 19.3 Å². The van der Waals surface area contributed by atoms with Crippen molar-refractivity contribution in [2.75, 3.05) is 0 Å². The summed E-state index contributed by atoms with van der Waals surface area (Å²) in [6.07, 6.45) is 8.93. The van der Waals surface area contributed by atoms with E-state index in [4.69, 9.17) is 6.42 Å². The third kappa shape index (κ3) is 2.16. The van der Waals surface area contributed by atoms with E-state index in [1.165, 1.54) is 10.6 Å². The molecule has 1 heteroatoms. The molecule has 0 N–H and O–H groups in total. The van der Waals surface area contributed by atoms with Crippen molar-refractivity contribution in [2.45, 2.75) is 19.3 Å². The minimum Gasteiger partial charge on any atom is -0.120 e. The standard InChI is InChI=1S/C21H17P/c1-2-20-15-21(16-20,17-20)13-14-22(18-9-5-3-6-10-18)19-11-7-4-8-12-19/h1,3-12H,15-17H2. The highest BCUT2D eigenvalue weighted by atomic mass is 31.1. The molecule has 106 valence electrons. The first-order valence-electron chi connectivity index (χ1n) is 7.65. The van der Waals surface area contributed by atoms with Crippen LogP contribution in [0.15, 0.2) is 60.7 Å². The molecule has 0 nitrogen and oxygen atoms in total. The van der Waals surface area contributed by atoms with Gasteiger partial charge in [-0.2, -0.15) is 0 Å². The van der Waals surface area contributed by atoms with E-state index in [1.54, 1.807) is 0 Å². The molecule has 2 aromatic rings. The fraction of sp³-hybridized carbons (Fsp3) is 0.238. The maximum atomic E-state index is 5.61. The molecule has 2 bridgehead atoms. The molecule has 3 aliphatic rings. The van der Waals surface area contributed by atoms with Crippen molar-refractivity contribution < 1.29 is 0 Å². The number of hydrogen-bond acceptors (Lipinski definition) is 0. The molecule has 0 aromatic heterocycles. The smallest absolute Gasteiger partial charge is 0.0361 e. The second kappa shape index (κ2) is 5.02. The molecule has 0 radical (unpaired) electrons. The van der Waals surface area contributed by atoms with Gasteiger partial charge in [0.2, 0.25) is 0 Å². The number of rotatable bonds is 2. The van der Waals surface area contributed by atoms with Gasteiger partial charge in [-0.1, -0.05) is 78.2 Å². The van der Waals surface area contributed by atoms with Crippen molar-refractivity contribution >= 4 is 18.5 Å². The highest BCUT2D eigenvalue weighted by Gasteiger charge is 2.66. The van der Waals surface area contributed by atoms with Gasteiger partial charge < -0.3 is 0 Å². The van der Waals surface area contributed by atoms with Crippen molar-refractivity contribution in [3.8, 4) is 23.9 Å². The molecule has 5 rings (SSSR count). The molecule has 0 saturated heterocycles. The Labute approximate surface area is 133 Å². The Hall–Kier alpha value is -2.01. The molecular formula is C21H17P. The predicted molar refractivity (Wildman–Crippen MR) is 94.4 cm³/mol. The molecular weight excluding hydrogens is 283 g/mol. The summed E-state index contributed by atoms with van der Waals surface area (Å²) in [7, 11) is -0.596. The van der Waals surface area contributed by atoms with Crippen LogP contribution in [0.3, 0.4) is 0 Å². The van der Waals surface area contributed by atoms with Gasteiger partial charge in [0.05, 0.1) is 0 Å². The van der Waals surface area contributed by atoms with E-state index in [9.17, 15) is 0 Å². The first kappa shape index (κ1) is 13.6. The van der Waals surface area contributed by atoms with E-state index in [0.29, 0.717) is 0 Å². The van der Waals surface area contributed by atoms with Crippen LogP contribution < -0.4 is 10.6 Å². The lowest BCUT2D eigenvalue weighted by molar-refractivity contribution is -0.113. The van der Waals surface area contributed by atoms with Gasteiger partial charge in [0.25, 0.3) is 0 Å². The molecule has 2 aromatic carbocycles. The summed E-state index contributed by atoms with van der Waals surface area (Å²) < 4.78 is 0. The van der Waals surface area contributed by atoms with Crippen molar-refractivity contribution in [1.82, 2.24) is 0 Å². The van der Waals surface area contributed by atoms with E-state index in [1.807, 2.05) is 0 Å². The predicted octanol–water partition coefficient (Wildman–Crippen LogP) is 3.88. The van der Waals surface area contributed by atoms with E-state index in [-0.39, 0.29) is 10.8 Å². The van der Waals surface area contributed by atoms with Gasteiger partial charge in [0.15, 0.2) is 0 Å². The van der Waals surface area contributed by atoms with Crippen molar-refractivity contribution in [3.63, 3.8) is 0 Å². The molecule has 22 heavy (non-hydrogen) atoms. The van der Waals surface area contributed by atoms with Crippen molar-refractivity contribution in [3.05, 3.63) is 60.7 Å². The monoisotopic (exact) mass is 300 g/mol. The van der Waals surface area contributed by atoms with Gasteiger partial charge in [-0.05, 0) is 29.9 Å². The van der Waals surface area contributed by atoms with Crippen LogP contribution in [0.25, 0.3) is 0 Å². The van der Waals surface area contributed by atoms with Crippen LogP contribution in [0.5, 0.6) is 0 Å². The topological polar surface area (TPSA) is 0 Å². The Morgan fingerprint density at radius 2 is 1.27 bits per heavy atom. The highest BCUT2D eigenvalue weighted by molar-refractivity contribution is 7.77. The van der Waals surface area contributed by atoms with Gasteiger partial charge in [-0.3, -0.25) is 0 Å². The molecule has 0 atom stereocenters. The van der Waals surface area contributed by atoms with Crippen LogP contribution in [-0.2, 0) is 0 Å². The van der Waals surface area contributed by atoms with Crippen LogP contribution in [-0.4, -0.2) is 0 Å². The first-order chi connectivity index (χ1) is 10.7. The van der Waals surface area contributed by atoms with Gasteiger partial charge in [0, 0.05) is 18.8 Å². The fourth-order valence-electron chi connectivity index (χ4n) is 3.68. The Morgan fingerprint density at radius 3 is 1.73 bits per heavy atom. The van der Waals surface area contributed by atoms with Gasteiger partial charge >= 0.3 is 0 Å². The van der Waals surface area contributed by atoms with Crippen LogP contribution in [0, 0.1) is 34.8 Å². The summed E-state index contributed by atoms with van der Waals surface area (Å²) in [6.45, 7) is 0. The van der Waals surface area contributed by atoms with Crippen LogP contribution in [0.4, 0.5) is 0 Å². The Morgan fingerprint density at radius 1 is 0.773 bits per heavy atom. The molecule has 0 amide bonds. The molecule has 0 unspecified atom stereocenters. The molecule has 0 heterocycles. The van der Waals surface area contributed by atoms with Crippen LogP contribution in [0.1, 0.15) is 19.3 Å². The molecule has 0 spiro atoms. The summed E-state index contributed by atoms with van der Waals surface area (Å²) in [4.78, 5) is 0. The highest BCUT2D eigenvalue weighted by Crippen LogP contribution is 2.72. The normalized spacial score (nSPS) is 27.8. The lowest BCUT2D eigenvalue weighted by Crippen LogP contribution is -2.59. The average molecular weight is 300 g/mol. The second-order valence-electron chi connectivity index (χ2n) is 6.48. The lowest BCUT2D eigenvalue weighted by Gasteiger charge is -2.65. The lowest BCUT2D eigenvalue weighted by atomic mass is 9.36. The summed E-state index contributed by atoms with van der Waals surface area (Å²) in [5, 5.41) is 2.66. The third-order valence-electron chi connectivity index (χ3n) is 4.80. The third-order valence-corrected chi connectivity index (χ3v) is 6.76. The summed E-state index contributed by atoms with van der Waals surface area (Å²) >= 11 is 0.